The molecule has 7 heteroatoms. The largest absolute Gasteiger partial charge is 0.395 e. The molecule has 0 aliphatic rings. The van der Waals surface area contributed by atoms with E-state index in [0.717, 1.165) is 22.3 Å². The predicted octanol–water partition coefficient (Wildman–Crippen LogP) is 5.22. The van der Waals surface area contributed by atoms with Gasteiger partial charge in [0.15, 0.2) is 0 Å². The van der Waals surface area contributed by atoms with Crippen molar-refractivity contribution in [1.29, 1.82) is 0 Å². The summed E-state index contributed by atoms with van der Waals surface area (Å²) in [6, 6.07) is 23.1. The van der Waals surface area contributed by atoms with Crippen molar-refractivity contribution in [2.24, 2.45) is 0 Å². The molecule has 3 aromatic rings. The molecule has 0 radical (unpaired) electrons. The van der Waals surface area contributed by atoms with Gasteiger partial charge in [0.25, 0.3) is 11.8 Å². The number of carbonyl (C=O) groups is 2. The van der Waals surface area contributed by atoms with Gasteiger partial charge in [-0.15, -0.1) is 0 Å². The van der Waals surface area contributed by atoms with Gasteiger partial charge in [0.05, 0.1) is 19.3 Å². The standard InChI is InChI=1S/C37H50N2O5/c1-27-16-17-29(33(24-27)35(44)38(20-22-40)36(2,3)4)18-19-31(42)25-30-14-10-11-15-32(30)34(43)39(21-23-41)37(5,6)26-28-12-8-7-9-13-28/h7-17,24,31,40-42H,18-23,25-26H2,1-6H3. The summed E-state index contributed by atoms with van der Waals surface area (Å²) < 4.78 is 0. The molecule has 0 aliphatic heterocycles. The maximum absolute atomic E-state index is 14.0. The first-order valence-electron chi connectivity index (χ1n) is 15.5. The molecule has 0 heterocycles. The molecule has 0 aromatic heterocycles. The lowest BCUT2D eigenvalue weighted by Gasteiger charge is -2.39. The molecule has 1 unspecified atom stereocenters. The van der Waals surface area contributed by atoms with Crippen LogP contribution in [0.1, 0.15) is 84.0 Å². The number of aliphatic hydroxyl groups is 3. The van der Waals surface area contributed by atoms with E-state index in [2.05, 4.69) is 0 Å². The van der Waals surface area contributed by atoms with E-state index in [-0.39, 0.29) is 44.5 Å². The number of β-amino-alcohol motifs (C(OH)–C–C–N with tert-alkyl or cyclic N) is 2. The number of rotatable bonds is 14. The lowest BCUT2D eigenvalue weighted by atomic mass is 9.90. The fourth-order valence-electron chi connectivity index (χ4n) is 5.79. The molecule has 0 saturated carbocycles. The third-order valence-corrected chi connectivity index (χ3v) is 8.10. The van der Waals surface area contributed by atoms with E-state index < -0.39 is 17.2 Å². The van der Waals surface area contributed by atoms with E-state index in [1.165, 1.54) is 0 Å². The van der Waals surface area contributed by atoms with Crippen LogP contribution in [0, 0.1) is 6.92 Å². The van der Waals surface area contributed by atoms with Gasteiger partial charge in [-0.3, -0.25) is 9.59 Å². The Bertz CT molecular complexity index is 1380. The van der Waals surface area contributed by atoms with E-state index in [1.807, 2.05) is 108 Å². The number of nitrogens with zero attached hydrogens (tertiary/aromatic N) is 2. The van der Waals surface area contributed by atoms with E-state index in [1.54, 1.807) is 15.9 Å². The summed E-state index contributed by atoms with van der Waals surface area (Å²) in [5, 5.41) is 30.7. The van der Waals surface area contributed by atoms with Crippen LogP contribution in [0.5, 0.6) is 0 Å². The molecule has 3 N–H and O–H groups in total. The summed E-state index contributed by atoms with van der Waals surface area (Å²) in [4.78, 5) is 31.0. The van der Waals surface area contributed by atoms with Gasteiger partial charge in [0.1, 0.15) is 0 Å². The highest BCUT2D eigenvalue weighted by Gasteiger charge is 2.33. The minimum absolute atomic E-state index is 0.125. The third kappa shape index (κ3) is 9.24. The van der Waals surface area contributed by atoms with Gasteiger partial charge in [0.2, 0.25) is 0 Å². The lowest BCUT2D eigenvalue weighted by molar-refractivity contribution is 0.0485. The molecule has 7 nitrogen and oxygen atoms in total. The van der Waals surface area contributed by atoms with Gasteiger partial charge >= 0.3 is 0 Å². The van der Waals surface area contributed by atoms with Crippen molar-refractivity contribution in [3.05, 3.63) is 106 Å². The zero-order valence-corrected chi connectivity index (χ0v) is 27.2. The molecule has 3 aromatic carbocycles. The number of amides is 2. The summed E-state index contributed by atoms with van der Waals surface area (Å²) in [5.41, 5.74) is 3.72. The summed E-state index contributed by atoms with van der Waals surface area (Å²) in [6.45, 7) is 11.9. The first-order chi connectivity index (χ1) is 20.8. The van der Waals surface area contributed by atoms with Crippen LogP contribution < -0.4 is 0 Å². The zero-order valence-electron chi connectivity index (χ0n) is 27.2. The third-order valence-electron chi connectivity index (χ3n) is 8.10. The number of aryl methyl sites for hydroxylation is 2. The molecular formula is C37H50N2O5. The number of benzene rings is 3. The second-order valence-corrected chi connectivity index (χ2v) is 13.2. The molecular weight excluding hydrogens is 552 g/mol. The van der Waals surface area contributed by atoms with Crippen molar-refractivity contribution in [3.63, 3.8) is 0 Å². The van der Waals surface area contributed by atoms with Crippen molar-refractivity contribution in [2.45, 2.75) is 84.4 Å². The molecule has 0 saturated heterocycles. The zero-order chi connectivity index (χ0) is 32.5. The van der Waals surface area contributed by atoms with Gasteiger partial charge < -0.3 is 25.1 Å². The van der Waals surface area contributed by atoms with Gasteiger partial charge in [-0.05, 0) is 96.0 Å². The second kappa shape index (κ2) is 15.5. The summed E-state index contributed by atoms with van der Waals surface area (Å²) in [7, 11) is 0. The average molecular weight is 603 g/mol. The van der Waals surface area contributed by atoms with Crippen LogP contribution >= 0.6 is 0 Å². The molecule has 44 heavy (non-hydrogen) atoms. The minimum atomic E-state index is -0.743. The molecule has 0 bridgehead atoms. The van der Waals surface area contributed by atoms with Crippen molar-refractivity contribution < 1.29 is 24.9 Å². The van der Waals surface area contributed by atoms with Gasteiger partial charge in [-0.25, -0.2) is 0 Å². The van der Waals surface area contributed by atoms with Crippen LogP contribution in [0.2, 0.25) is 0 Å². The average Bonchev–Trinajstić information content (AvgIpc) is 2.97. The normalized spacial score (nSPS) is 12.6. The smallest absolute Gasteiger partial charge is 0.254 e. The van der Waals surface area contributed by atoms with E-state index in [9.17, 15) is 24.9 Å². The van der Waals surface area contributed by atoms with Crippen LogP contribution in [0.4, 0.5) is 0 Å². The van der Waals surface area contributed by atoms with E-state index in [0.29, 0.717) is 30.4 Å². The maximum Gasteiger partial charge on any atom is 0.254 e. The minimum Gasteiger partial charge on any atom is -0.395 e. The number of aliphatic hydroxyl groups excluding tert-OH is 3. The summed E-state index contributed by atoms with van der Waals surface area (Å²) in [5.74, 6) is -0.321. The molecule has 0 fully saturated rings. The first kappa shape index (κ1) is 35.0. The Morgan fingerprint density at radius 2 is 1.34 bits per heavy atom. The molecule has 0 aliphatic carbocycles. The van der Waals surface area contributed by atoms with Crippen LogP contribution in [0.15, 0.2) is 72.8 Å². The summed E-state index contributed by atoms with van der Waals surface area (Å²) >= 11 is 0. The van der Waals surface area contributed by atoms with Crippen LogP contribution in [0.25, 0.3) is 0 Å². The number of hydrogen-bond donors (Lipinski definition) is 3. The maximum atomic E-state index is 14.0. The Labute approximate surface area is 263 Å². The van der Waals surface area contributed by atoms with Crippen LogP contribution in [-0.4, -0.2) is 80.4 Å². The molecule has 1 atom stereocenters. The highest BCUT2D eigenvalue weighted by Crippen LogP contribution is 2.26. The van der Waals surface area contributed by atoms with E-state index >= 15 is 0 Å². The predicted molar refractivity (Wildman–Crippen MR) is 176 cm³/mol. The Morgan fingerprint density at radius 3 is 1.98 bits per heavy atom. The van der Waals surface area contributed by atoms with Crippen molar-refractivity contribution in [2.75, 3.05) is 26.3 Å². The molecule has 0 spiro atoms. The highest BCUT2D eigenvalue weighted by atomic mass is 16.3. The van der Waals surface area contributed by atoms with Gasteiger partial charge in [-0.2, -0.15) is 0 Å². The quantitative estimate of drug-likeness (QED) is 0.235. The monoisotopic (exact) mass is 602 g/mol. The highest BCUT2D eigenvalue weighted by molar-refractivity contribution is 5.97. The number of hydrogen-bond acceptors (Lipinski definition) is 5. The lowest BCUT2D eigenvalue weighted by Crippen LogP contribution is -2.50. The van der Waals surface area contributed by atoms with Crippen molar-refractivity contribution in [1.82, 2.24) is 9.80 Å². The molecule has 2 amide bonds. The Morgan fingerprint density at radius 1 is 0.750 bits per heavy atom. The first-order valence-corrected chi connectivity index (χ1v) is 15.5. The molecule has 3 rings (SSSR count). The van der Waals surface area contributed by atoms with Crippen molar-refractivity contribution in [3.8, 4) is 0 Å². The Kier molecular flexibility index (Phi) is 12.3. The van der Waals surface area contributed by atoms with Gasteiger partial charge in [0, 0.05) is 35.3 Å². The number of carbonyl (C=O) groups excluding carboxylic acids is 2. The van der Waals surface area contributed by atoms with E-state index in [4.69, 9.17) is 0 Å². The van der Waals surface area contributed by atoms with Gasteiger partial charge in [-0.1, -0.05) is 66.2 Å². The molecule has 238 valence electrons. The van der Waals surface area contributed by atoms with Crippen molar-refractivity contribution >= 4 is 11.8 Å². The Hall–Kier alpha value is -3.52. The Balaban J connectivity index is 1.79. The fourth-order valence-corrected chi connectivity index (χ4v) is 5.79. The van der Waals surface area contributed by atoms with Crippen LogP contribution in [-0.2, 0) is 19.3 Å². The topological polar surface area (TPSA) is 101 Å². The SMILES string of the molecule is Cc1ccc(CCC(O)Cc2ccccc2C(=O)N(CCO)C(C)(C)Cc2ccccc2)c(C(=O)N(CCO)C(C)(C)C)c1. The fraction of sp³-hybridized carbons (Fsp3) is 0.459. The summed E-state index contributed by atoms with van der Waals surface area (Å²) in [6.07, 6.45) is 1.06. The van der Waals surface area contributed by atoms with Crippen LogP contribution in [0.3, 0.4) is 0 Å². The second-order valence-electron chi connectivity index (χ2n) is 13.2.